The second-order valence-corrected chi connectivity index (χ2v) is 4.81. The van der Waals surface area contributed by atoms with Crippen LogP contribution in [0.1, 0.15) is 17.3 Å². The predicted molar refractivity (Wildman–Crippen MR) is 85.0 cm³/mol. The maximum Gasteiger partial charge on any atom is 0.338 e. The molecule has 2 aromatic carbocycles. The third kappa shape index (κ3) is 3.03. The molecule has 3 aromatic rings. The third-order valence-electron chi connectivity index (χ3n) is 3.24. The van der Waals surface area contributed by atoms with Crippen LogP contribution in [0.25, 0.3) is 17.1 Å². The number of benzene rings is 2. The van der Waals surface area contributed by atoms with Crippen molar-refractivity contribution in [2.75, 3.05) is 12.3 Å². The van der Waals surface area contributed by atoms with Crippen molar-refractivity contribution < 1.29 is 9.53 Å². The van der Waals surface area contributed by atoms with Crippen molar-refractivity contribution in [3.05, 3.63) is 54.1 Å². The summed E-state index contributed by atoms with van der Waals surface area (Å²) in [6.07, 6.45) is 0. The van der Waals surface area contributed by atoms with E-state index in [1.165, 1.54) is 0 Å². The molecule has 0 unspecified atom stereocenters. The number of anilines is 1. The van der Waals surface area contributed by atoms with Gasteiger partial charge in [-0.25, -0.2) is 4.79 Å². The number of carbonyl (C=O) groups is 1. The number of ether oxygens (including phenoxy) is 1. The normalized spacial score (nSPS) is 10.5. The Morgan fingerprint density at radius 2 is 2.00 bits per heavy atom. The van der Waals surface area contributed by atoms with E-state index >= 15 is 0 Å². The summed E-state index contributed by atoms with van der Waals surface area (Å²) in [5.74, 6) is 0.216. The number of hydrogen-bond acceptors (Lipinski definition) is 6. The minimum Gasteiger partial charge on any atom is -0.462 e. The number of carbonyl (C=O) groups excluding carboxylic acids is 1. The molecule has 3 rings (SSSR count). The van der Waals surface area contributed by atoms with Gasteiger partial charge in [0.2, 0.25) is 0 Å². The first-order valence-corrected chi connectivity index (χ1v) is 7.11. The van der Waals surface area contributed by atoms with Gasteiger partial charge in [-0.1, -0.05) is 12.1 Å². The van der Waals surface area contributed by atoms with Crippen LogP contribution in [-0.4, -0.2) is 32.8 Å². The first-order chi connectivity index (χ1) is 11.2. The standard InChI is InChI=1S/C16H15N5O2/c1-2-23-16(22)11-6-8-14(9-7-11)21-15(18-19-20-21)12-4-3-5-13(17)10-12/h3-10H,2,17H2,1H3. The Bertz CT molecular complexity index is 826. The molecule has 0 fully saturated rings. The molecule has 0 aliphatic carbocycles. The highest BCUT2D eigenvalue weighted by molar-refractivity contribution is 5.89. The number of aromatic nitrogens is 4. The highest BCUT2D eigenvalue weighted by atomic mass is 16.5. The van der Waals surface area contributed by atoms with Crippen molar-refractivity contribution in [2.45, 2.75) is 6.92 Å². The molecule has 23 heavy (non-hydrogen) atoms. The number of nitrogens with zero attached hydrogens (tertiary/aromatic N) is 4. The maximum absolute atomic E-state index is 11.7. The zero-order valence-corrected chi connectivity index (χ0v) is 12.5. The maximum atomic E-state index is 11.7. The van der Waals surface area contributed by atoms with Gasteiger partial charge in [0.05, 0.1) is 17.9 Å². The predicted octanol–water partition coefficient (Wildman–Crippen LogP) is 2.09. The lowest BCUT2D eigenvalue weighted by Crippen LogP contribution is -2.05. The van der Waals surface area contributed by atoms with Gasteiger partial charge in [-0.2, -0.15) is 4.68 Å². The fourth-order valence-electron chi connectivity index (χ4n) is 2.17. The lowest BCUT2D eigenvalue weighted by molar-refractivity contribution is 0.0526. The average molecular weight is 309 g/mol. The molecule has 0 saturated carbocycles. The van der Waals surface area contributed by atoms with Crippen molar-refractivity contribution >= 4 is 11.7 Å². The van der Waals surface area contributed by atoms with E-state index in [1.54, 1.807) is 48.0 Å². The van der Waals surface area contributed by atoms with Gasteiger partial charge >= 0.3 is 5.97 Å². The molecule has 1 heterocycles. The van der Waals surface area contributed by atoms with Crippen LogP contribution in [-0.2, 0) is 4.74 Å². The van der Waals surface area contributed by atoms with Gasteiger partial charge in [-0.3, -0.25) is 0 Å². The summed E-state index contributed by atoms with van der Waals surface area (Å²) in [6, 6.07) is 14.2. The largest absolute Gasteiger partial charge is 0.462 e. The number of tetrazole rings is 1. The van der Waals surface area contributed by atoms with E-state index in [-0.39, 0.29) is 5.97 Å². The Hall–Kier alpha value is -3.22. The monoisotopic (exact) mass is 309 g/mol. The van der Waals surface area contributed by atoms with Crippen LogP contribution in [0.3, 0.4) is 0 Å². The Balaban J connectivity index is 1.94. The SMILES string of the molecule is CCOC(=O)c1ccc(-n2nnnc2-c2cccc(N)c2)cc1. The molecule has 2 N–H and O–H groups in total. The highest BCUT2D eigenvalue weighted by Gasteiger charge is 2.12. The first kappa shape index (κ1) is 14.7. The summed E-state index contributed by atoms with van der Waals surface area (Å²) in [7, 11) is 0. The second kappa shape index (κ2) is 6.27. The second-order valence-electron chi connectivity index (χ2n) is 4.81. The first-order valence-electron chi connectivity index (χ1n) is 7.11. The molecule has 0 spiro atoms. The topological polar surface area (TPSA) is 95.9 Å². The highest BCUT2D eigenvalue weighted by Crippen LogP contribution is 2.21. The minimum atomic E-state index is -0.355. The fraction of sp³-hybridized carbons (Fsp3) is 0.125. The third-order valence-corrected chi connectivity index (χ3v) is 3.24. The summed E-state index contributed by atoms with van der Waals surface area (Å²) < 4.78 is 6.55. The molecule has 7 heteroatoms. The summed E-state index contributed by atoms with van der Waals surface area (Å²) in [6.45, 7) is 2.11. The molecule has 0 aliphatic rings. The van der Waals surface area contributed by atoms with Gasteiger partial charge in [0.1, 0.15) is 0 Å². The van der Waals surface area contributed by atoms with Crippen molar-refractivity contribution in [2.24, 2.45) is 0 Å². The lowest BCUT2D eigenvalue weighted by Gasteiger charge is -2.06. The summed E-state index contributed by atoms with van der Waals surface area (Å²) >= 11 is 0. The van der Waals surface area contributed by atoms with E-state index < -0.39 is 0 Å². The number of nitrogen functional groups attached to an aromatic ring is 1. The molecule has 7 nitrogen and oxygen atoms in total. The number of esters is 1. The Kier molecular flexibility index (Phi) is 4.01. The van der Waals surface area contributed by atoms with Crippen LogP contribution < -0.4 is 5.73 Å². The fourth-order valence-corrected chi connectivity index (χ4v) is 2.17. The van der Waals surface area contributed by atoms with Crippen LogP contribution in [0.2, 0.25) is 0 Å². The van der Waals surface area contributed by atoms with Gasteiger partial charge in [0.15, 0.2) is 5.82 Å². The number of nitrogens with two attached hydrogens (primary N) is 1. The van der Waals surface area contributed by atoms with Crippen LogP contribution in [0, 0.1) is 0 Å². The van der Waals surface area contributed by atoms with Gasteiger partial charge in [-0.05, 0) is 53.7 Å². The molecule has 0 saturated heterocycles. The average Bonchev–Trinajstić information content (AvgIpc) is 3.05. The minimum absolute atomic E-state index is 0.340. The Labute approximate surface area is 132 Å². The smallest absolute Gasteiger partial charge is 0.338 e. The quantitative estimate of drug-likeness (QED) is 0.585. The van der Waals surface area contributed by atoms with E-state index in [9.17, 15) is 4.79 Å². The number of hydrogen-bond donors (Lipinski definition) is 1. The van der Waals surface area contributed by atoms with Crippen LogP contribution in [0.15, 0.2) is 48.5 Å². The lowest BCUT2D eigenvalue weighted by atomic mass is 10.1. The van der Waals surface area contributed by atoms with Crippen LogP contribution in [0.4, 0.5) is 5.69 Å². The van der Waals surface area contributed by atoms with Crippen LogP contribution >= 0.6 is 0 Å². The van der Waals surface area contributed by atoms with Crippen molar-refractivity contribution in [1.82, 2.24) is 20.2 Å². The number of rotatable bonds is 4. The van der Waals surface area contributed by atoms with E-state index in [2.05, 4.69) is 15.5 Å². The van der Waals surface area contributed by atoms with E-state index in [0.717, 1.165) is 11.3 Å². The van der Waals surface area contributed by atoms with Gasteiger partial charge in [-0.15, -0.1) is 5.10 Å². The molecule has 116 valence electrons. The van der Waals surface area contributed by atoms with Crippen molar-refractivity contribution in [1.29, 1.82) is 0 Å². The zero-order chi connectivity index (χ0) is 16.2. The Morgan fingerprint density at radius 1 is 1.22 bits per heavy atom. The summed E-state index contributed by atoms with van der Waals surface area (Å²) in [5, 5.41) is 11.8. The van der Waals surface area contributed by atoms with E-state index in [0.29, 0.717) is 23.7 Å². The molecule has 0 bridgehead atoms. The summed E-state index contributed by atoms with van der Waals surface area (Å²) in [5.41, 5.74) is 8.47. The molecule has 0 atom stereocenters. The van der Waals surface area contributed by atoms with Gasteiger partial charge in [0.25, 0.3) is 0 Å². The molecule has 0 amide bonds. The van der Waals surface area contributed by atoms with Crippen molar-refractivity contribution in [3.63, 3.8) is 0 Å². The Morgan fingerprint density at radius 3 is 2.70 bits per heavy atom. The molecule has 0 radical (unpaired) electrons. The van der Waals surface area contributed by atoms with E-state index in [1.807, 2.05) is 12.1 Å². The van der Waals surface area contributed by atoms with Crippen molar-refractivity contribution in [3.8, 4) is 17.1 Å². The molecular weight excluding hydrogens is 294 g/mol. The van der Waals surface area contributed by atoms with Gasteiger partial charge in [0, 0.05) is 11.3 Å². The molecule has 0 aliphatic heterocycles. The van der Waals surface area contributed by atoms with E-state index in [4.69, 9.17) is 10.5 Å². The van der Waals surface area contributed by atoms with Crippen LogP contribution in [0.5, 0.6) is 0 Å². The zero-order valence-electron chi connectivity index (χ0n) is 12.5. The molecule has 1 aromatic heterocycles. The van der Waals surface area contributed by atoms with Gasteiger partial charge < -0.3 is 10.5 Å². The summed E-state index contributed by atoms with van der Waals surface area (Å²) in [4.78, 5) is 11.7. The molecular formula is C16H15N5O2.